The van der Waals surface area contributed by atoms with Gasteiger partial charge in [-0.1, -0.05) is 22.9 Å². The molecule has 1 spiro atoms. The van der Waals surface area contributed by atoms with Crippen molar-refractivity contribution in [3.63, 3.8) is 0 Å². The zero-order chi connectivity index (χ0) is 17.3. The van der Waals surface area contributed by atoms with Crippen LogP contribution in [0.1, 0.15) is 30.1 Å². The van der Waals surface area contributed by atoms with Gasteiger partial charge >= 0.3 is 5.97 Å². The fourth-order valence-electron chi connectivity index (χ4n) is 3.51. The molecule has 2 aliphatic heterocycles. The van der Waals surface area contributed by atoms with Crippen molar-refractivity contribution < 1.29 is 19.4 Å². The minimum Gasteiger partial charge on any atom is -0.480 e. The first kappa shape index (κ1) is 17.4. The highest BCUT2D eigenvalue weighted by Gasteiger charge is 2.53. The minimum absolute atomic E-state index is 0.0454. The van der Waals surface area contributed by atoms with Crippen molar-refractivity contribution in [1.82, 2.24) is 9.80 Å². The van der Waals surface area contributed by atoms with Crippen molar-refractivity contribution in [2.24, 2.45) is 0 Å². The van der Waals surface area contributed by atoms with Crippen LogP contribution in [0, 0.1) is 0 Å². The maximum atomic E-state index is 13.1. The molecule has 0 radical (unpaired) electrons. The number of piperidine rings is 1. The van der Waals surface area contributed by atoms with Gasteiger partial charge in [0.1, 0.15) is 5.72 Å². The van der Waals surface area contributed by atoms with Gasteiger partial charge in [-0.25, -0.2) is 4.79 Å². The number of hydrogen-bond acceptors (Lipinski definition) is 4. The maximum Gasteiger partial charge on any atom is 0.328 e. The van der Waals surface area contributed by atoms with E-state index in [2.05, 4.69) is 27.8 Å². The summed E-state index contributed by atoms with van der Waals surface area (Å²) in [5, 5.41) is 9.54. The number of ether oxygens (including phenoxy) is 1. The van der Waals surface area contributed by atoms with E-state index in [9.17, 15) is 14.7 Å². The van der Waals surface area contributed by atoms with Crippen LogP contribution in [0.2, 0.25) is 0 Å². The zero-order valence-electron chi connectivity index (χ0n) is 13.6. The minimum atomic E-state index is -1.02. The Balaban J connectivity index is 1.91. The molecule has 130 valence electrons. The molecular weight excluding hydrogens is 376 g/mol. The second-order valence-corrected chi connectivity index (χ2v) is 7.14. The number of nitrogens with zero attached hydrogens (tertiary/aromatic N) is 2. The van der Waals surface area contributed by atoms with Gasteiger partial charge in [-0.15, -0.1) is 0 Å². The first-order valence-electron chi connectivity index (χ1n) is 8.15. The number of carbonyl (C=O) groups excluding carboxylic acids is 1. The molecule has 1 atom stereocenters. The number of amides is 1. The highest BCUT2D eigenvalue weighted by molar-refractivity contribution is 9.10. The smallest absolute Gasteiger partial charge is 0.328 e. The van der Waals surface area contributed by atoms with E-state index in [0.717, 1.165) is 24.1 Å². The molecule has 2 saturated heterocycles. The molecule has 7 heteroatoms. The number of hydrogen-bond donors (Lipinski definition) is 1. The van der Waals surface area contributed by atoms with Gasteiger partial charge in [0, 0.05) is 36.0 Å². The SMILES string of the molecule is CCN1CCC2(CC1)OCC(C(=O)O)N2C(=O)c1ccc(Br)cc1. The zero-order valence-corrected chi connectivity index (χ0v) is 15.2. The number of halogens is 1. The van der Waals surface area contributed by atoms with E-state index in [1.807, 2.05) is 0 Å². The number of carboxylic acids is 1. The van der Waals surface area contributed by atoms with Crippen LogP contribution < -0.4 is 0 Å². The van der Waals surface area contributed by atoms with Gasteiger partial charge in [0.2, 0.25) is 0 Å². The van der Waals surface area contributed by atoms with Crippen LogP contribution in [0.15, 0.2) is 28.7 Å². The summed E-state index contributed by atoms with van der Waals surface area (Å²) in [5.41, 5.74) is -0.328. The van der Waals surface area contributed by atoms with Gasteiger partial charge in [-0.3, -0.25) is 9.69 Å². The second-order valence-electron chi connectivity index (χ2n) is 6.23. The molecule has 2 fully saturated rings. The van der Waals surface area contributed by atoms with Crippen molar-refractivity contribution in [2.45, 2.75) is 31.5 Å². The predicted molar refractivity (Wildman–Crippen MR) is 91.8 cm³/mol. The first-order chi connectivity index (χ1) is 11.5. The predicted octanol–water partition coefficient (Wildman–Crippen LogP) is 2.19. The van der Waals surface area contributed by atoms with Gasteiger partial charge in [0.25, 0.3) is 5.91 Å². The molecule has 1 N–H and O–H groups in total. The Morgan fingerprint density at radius 3 is 2.46 bits per heavy atom. The Kier molecular flexibility index (Phi) is 4.94. The second kappa shape index (κ2) is 6.82. The number of benzene rings is 1. The molecule has 1 unspecified atom stereocenters. The van der Waals surface area contributed by atoms with Gasteiger partial charge in [0.05, 0.1) is 6.61 Å². The van der Waals surface area contributed by atoms with Crippen LogP contribution in [0.4, 0.5) is 0 Å². The van der Waals surface area contributed by atoms with Crippen molar-refractivity contribution in [1.29, 1.82) is 0 Å². The number of rotatable bonds is 3. The molecule has 3 rings (SSSR count). The van der Waals surface area contributed by atoms with Crippen molar-refractivity contribution >= 4 is 27.8 Å². The molecule has 1 aromatic rings. The van der Waals surface area contributed by atoms with Gasteiger partial charge in [0.15, 0.2) is 6.04 Å². The Bertz CT molecular complexity index is 626. The molecule has 2 aliphatic rings. The van der Waals surface area contributed by atoms with Crippen LogP contribution in [0.5, 0.6) is 0 Å². The summed E-state index contributed by atoms with van der Waals surface area (Å²) < 4.78 is 6.79. The number of carbonyl (C=O) groups is 2. The Morgan fingerprint density at radius 2 is 1.92 bits per heavy atom. The lowest BCUT2D eigenvalue weighted by Gasteiger charge is -2.44. The van der Waals surface area contributed by atoms with E-state index in [4.69, 9.17) is 4.74 Å². The van der Waals surface area contributed by atoms with E-state index in [1.165, 1.54) is 4.90 Å². The highest BCUT2D eigenvalue weighted by Crippen LogP contribution is 2.38. The van der Waals surface area contributed by atoms with Crippen molar-refractivity contribution in [3.8, 4) is 0 Å². The molecule has 1 aromatic carbocycles. The maximum absolute atomic E-state index is 13.1. The molecule has 0 bridgehead atoms. The molecule has 0 aliphatic carbocycles. The molecule has 0 aromatic heterocycles. The van der Waals surface area contributed by atoms with E-state index < -0.39 is 17.7 Å². The third-order valence-electron chi connectivity index (χ3n) is 4.94. The monoisotopic (exact) mass is 396 g/mol. The summed E-state index contributed by atoms with van der Waals surface area (Å²) in [6, 6.07) is 6.05. The van der Waals surface area contributed by atoms with Gasteiger partial charge < -0.3 is 14.7 Å². The van der Waals surface area contributed by atoms with Crippen LogP contribution in [0.3, 0.4) is 0 Å². The average molecular weight is 397 g/mol. The lowest BCUT2D eigenvalue weighted by Crippen LogP contribution is -2.58. The Labute approximate surface area is 149 Å². The fourth-order valence-corrected chi connectivity index (χ4v) is 3.77. The topological polar surface area (TPSA) is 70.1 Å². The molecule has 6 nitrogen and oxygen atoms in total. The lowest BCUT2D eigenvalue weighted by atomic mass is 9.97. The van der Waals surface area contributed by atoms with E-state index >= 15 is 0 Å². The third kappa shape index (κ3) is 3.08. The molecule has 1 amide bonds. The van der Waals surface area contributed by atoms with Gasteiger partial charge in [-0.2, -0.15) is 0 Å². The van der Waals surface area contributed by atoms with E-state index in [-0.39, 0.29) is 12.5 Å². The quantitative estimate of drug-likeness (QED) is 0.847. The molecular formula is C17H21BrN2O4. The summed E-state index contributed by atoms with van der Waals surface area (Å²) in [4.78, 5) is 28.5. The van der Waals surface area contributed by atoms with E-state index in [0.29, 0.717) is 18.4 Å². The van der Waals surface area contributed by atoms with Crippen molar-refractivity contribution in [2.75, 3.05) is 26.2 Å². The van der Waals surface area contributed by atoms with Crippen LogP contribution in [-0.2, 0) is 9.53 Å². The van der Waals surface area contributed by atoms with Crippen LogP contribution in [0.25, 0.3) is 0 Å². The average Bonchev–Trinajstić information content (AvgIpc) is 2.95. The number of likely N-dealkylation sites (tertiary alicyclic amines) is 1. The molecule has 0 saturated carbocycles. The summed E-state index contributed by atoms with van der Waals surface area (Å²) in [5.74, 6) is -1.30. The van der Waals surface area contributed by atoms with Crippen LogP contribution >= 0.6 is 15.9 Å². The number of carboxylic acid groups (broad SMARTS) is 1. The van der Waals surface area contributed by atoms with E-state index in [1.54, 1.807) is 24.3 Å². The Hall–Kier alpha value is -1.44. The Morgan fingerprint density at radius 1 is 1.29 bits per heavy atom. The fraction of sp³-hybridized carbons (Fsp3) is 0.529. The molecule has 24 heavy (non-hydrogen) atoms. The highest BCUT2D eigenvalue weighted by atomic mass is 79.9. The summed E-state index contributed by atoms with van der Waals surface area (Å²) >= 11 is 3.35. The number of aliphatic carboxylic acids is 1. The summed E-state index contributed by atoms with van der Waals surface area (Å²) in [6.07, 6.45) is 1.26. The normalized spacial score (nSPS) is 23.6. The third-order valence-corrected chi connectivity index (χ3v) is 5.47. The molecule has 2 heterocycles. The lowest BCUT2D eigenvalue weighted by molar-refractivity contribution is -0.143. The first-order valence-corrected chi connectivity index (χ1v) is 8.94. The standard InChI is InChI=1S/C17H21BrN2O4/c1-2-19-9-7-17(8-10-19)20(14(11-24-17)16(22)23)15(21)12-3-5-13(18)6-4-12/h3-6,14H,2,7-11H2,1H3,(H,22,23). The summed E-state index contributed by atoms with van der Waals surface area (Å²) in [6.45, 7) is 4.68. The van der Waals surface area contributed by atoms with Crippen molar-refractivity contribution in [3.05, 3.63) is 34.3 Å². The summed E-state index contributed by atoms with van der Waals surface area (Å²) in [7, 11) is 0. The van der Waals surface area contributed by atoms with Crippen LogP contribution in [-0.4, -0.2) is 64.8 Å². The van der Waals surface area contributed by atoms with Gasteiger partial charge in [-0.05, 0) is 30.8 Å². The largest absolute Gasteiger partial charge is 0.480 e.